The number of hydrogen-bond donors (Lipinski definition) is 1. The Morgan fingerprint density at radius 2 is 2.12 bits per heavy atom. The summed E-state index contributed by atoms with van der Waals surface area (Å²) >= 11 is 0. The van der Waals surface area contributed by atoms with Crippen LogP contribution in [-0.2, 0) is 9.47 Å². The van der Waals surface area contributed by atoms with E-state index in [1.54, 1.807) is 7.11 Å². The molecule has 1 heterocycles. The van der Waals surface area contributed by atoms with E-state index in [9.17, 15) is 0 Å². The minimum atomic E-state index is 0.0811. The fraction of sp³-hybridized carbons (Fsp3) is 0.429. The van der Waals surface area contributed by atoms with Gasteiger partial charge in [0.05, 0.1) is 6.04 Å². The summed E-state index contributed by atoms with van der Waals surface area (Å²) in [5.74, 6) is 0.861. The number of ether oxygens (including phenoxy) is 2. The summed E-state index contributed by atoms with van der Waals surface area (Å²) in [5, 5.41) is 3.38. The van der Waals surface area contributed by atoms with Crippen LogP contribution in [0.4, 0.5) is 0 Å². The Hall–Kier alpha value is -1.48. The lowest BCUT2D eigenvalue weighted by atomic mass is 10.0. The first-order valence-electron chi connectivity index (χ1n) is 5.98. The van der Waals surface area contributed by atoms with Gasteiger partial charge in [-0.15, -0.1) is 0 Å². The van der Waals surface area contributed by atoms with Crippen molar-refractivity contribution in [2.45, 2.75) is 25.5 Å². The fourth-order valence-electron chi connectivity index (χ4n) is 2.07. The SMILES string of the molecule is C/C=C1/N[C@@H](CCOC)[C@H](c2ccccc2)O1. The third-order valence-electron chi connectivity index (χ3n) is 2.97. The molecule has 1 aliphatic heterocycles. The minimum absolute atomic E-state index is 0.0811. The van der Waals surface area contributed by atoms with Crippen molar-refractivity contribution >= 4 is 0 Å². The highest BCUT2D eigenvalue weighted by molar-refractivity contribution is 5.22. The van der Waals surface area contributed by atoms with E-state index in [1.807, 2.05) is 31.2 Å². The van der Waals surface area contributed by atoms with E-state index in [0.717, 1.165) is 18.9 Å². The van der Waals surface area contributed by atoms with Gasteiger partial charge in [0.15, 0.2) is 5.88 Å². The Bertz CT molecular complexity index is 375. The molecule has 1 aromatic carbocycles. The standard InChI is InChI=1S/C14H19NO2/c1-3-13-15-12(9-10-16-2)14(17-13)11-7-5-4-6-8-11/h3-8,12,14-15H,9-10H2,1-2H3/b13-3-/t12-,14-/m0/s1. The summed E-state index contributed by atoms with van der Waals surface area (Å²) < 4.78 is 11.0. The van der Waals surface area contributed by atoms with Crippen LogP contribution in [0.1, 0.15) is 25.0 Å². The molecular formula is C14H19NO2. The molecule has 0 bridgehead atoms. The third-order valence-corrected chi connectivity index (χ3v) is 2.97. The Kier molecular flexibility index (Phi) is 4.04. The second-order valence-electron chi connectivity index (χ2n) is 4.13. The molecule has 3 heteroatoms. The van der Waals surface area contributed by atoms with Gasteiger partial charge in [-0.3, -0.25) is 0 Å². The van der Waals surface area contributed by atoms with Gasteiger partial charge >= 0.3 is 0 Å². The molecule has 0 spiro atoms. The molecule has 0 radical (unpaired) electrons. The zero-order valence-electron chi connectivity index (χ0n) is 10.3. The van der Waals surface area contributed by atoms with Crippen molar-refractivity contribution < 1.29 is 9.47 Å². The number of rotatable bonds is 4. The van der Waals surface area contributed by atoms with Crippen molar-refractivity contribution in [3.63, 3.8) is 0 Å². The fourth-order valence-corrected chi connectivity index (χ4v) is 2.07. The summed E-state index contributed by atoms with van der Waals surface area (Å²) in [4.78, 5) is 0. The van der Waals surface area contributed by atoms with Crippen LogP contribution in [0.5, 0.6) is 0 Å². The number of hydrogen-bond acceptors (Lipinski definition) is 3. The average molecular weight is 233 g/mol. The van der Waals surface area contributed by atoms with E-state index in [0.29, 0.717) is 0 Å². The van der Waals surface area contributed by atoms with Gasteiger partial charge in [-0.1, -0.05) is 30.3 Å². The molecule has 0 saturated carbocycles. The molecule has 17 heavy (non-hydrogen) atoms. The monoisotopic (exact) mass is 233 g/mol. The average Bonchev–Trinajstić information content (AvgIpc) is 2.80. The predicted octanol–water partition coefficient (Wildman–Crippen LogP) is 2.61. The molecule has 3 nitrogen and oxygen atoms in total. The first-order valence-corrected chi connectivity index (χ1v) is 5.98. The van der Waals surface area contributed by atoms with Gasteiger partial charge in [0, 0.05) is 13.7 Å². The quantitative estimate of drug-likeness (QED) is 0.867. The molecule has 2 atom stereocenters. The van der Waals surface area contributed by atoms with Crippen LogP contribution in [0.15, 0.2) is 42.3 Å². The number of benzene rings is 1. The normalized spacial score (nSPS) is 25.6. The highest BCUT2D eigenvalue weighted by Crippen LogP contribution is 2.31. The lowest BCUT2D eigenvalue weighted by Crippen LogP contribution is -2.26. The largest absolute Gasteiger partial charge is 0.469 e. The van der Waals surface area contributed by atoms with E-state index < -0.39 is 0 Å². The van der Waals surface area contributed by atoms with Gasteiger partial charge in [-0.05, 0) is 25.0 Å². The second-order valence-corrected chi connectivity index (χ2v) is 4.13. The molecule has 0 aromatic heterocycles. The zero-order valence-corrected chi connectivity index (χ0v) is 10.3. The van der Waals surface area contributed by atoms with Gasteiger partial charge in [-0.2, -0.15) is 0 Å². The second kappa shape index (κ2) is 5.73. The van der Waals surface area contributed by atoms with Crippen LogP contribution in [0.25, 0.3) is 0 Å². The molecule has 1 N–H and O–H groups in total. The van der Waals surface area contributed by atoms with Crippen molar-refractivity contribution in [1.29, 1.82) is 0 Å². The van der Waals surface area contributed by atoms with E-state index in [-0.39, 0.29) is 12.1 Å². The smallest absolute Gasteiger partial charge is 0.183 e. The number of allylic oxidation sites excluding steroid dienone is 1. The highest BCUT2D eigenvalue weighted by Gasteiger charge is 2.31. The summed E-state index contributed by atoms with van der Waals surface area (Å²) in [5.41, 5.74) is 1.21. The molecule has 0 unspecified atom stereocenters. The lowest BCUT2D eigenvalue weighted by Gasteiger charge is -2.17. The van der Waals surface area contributed by atoms with E-state index in [2.05, 4.69) is 17.4 Å². The predicted molar refractivity (Wildman–Crippen MR) is 67.4 cm³/mol. The molecule has 1 fully saturated rings. The Morgan fingerprint density at radius 1 is 1.35 bits per heavy atom. The summed E-state index contributed by atoms with van der Waals surface area (Å²) in [7, 11) is 1.73. The maximum Gasteiger partial charge on any atom is 0.183 e. The molecule has 1 saturated heterocycles. The highest BCUT2D eigenvalue weighted by atomic mass is 16.5. The molecule has 0 aliphatic carbocycles. The molecule has 92 valence electrons. The molecule has 0 amide bonds. The summed E-state index contributed by atoms with van der Waals surface area (Å²) in [6, 6.07) is 10.6. The lowest BCUT2D eigenvalue weighted by molar-refractivity contribution is 0.130. The summed E-state index contributed by atoms with van der Waals surface area (Å²) in [6.45, 7) is 2.71. The molecular weight excluding hydrogens is 214 g/mol. The molecule has 1 aromatic rings. The zero-order chi connectivity index (χ0) is 12.1. The van der Waals surface area contributed by atoms with Crippen molar-refractivity contribution in [2.24, 2.45) is 0 Å². The van der Waals surface area contributed by atoms with Gasteiger partial charge in [0.1, 0.15) is 6.10 Å². The van der Waals surface area contributed by atoms with E-state index >= 15 is 0 Å². The Balaban J connectivity index is 2.13. The number of methoxy groups -OCH3 is 1. The topological polar surface area (TPSA) is 30.5 Å². The maximum absolute atomic E-state index is 5.90. The van der Waals surface area contributed by atoms with Crippen LogP contribution in [0.3, 0.4) is 0 Å². The first kappa shape index (κ1) is 12.0. The van der Waals surface area contributed by atoms with Crippen LogP contribution < -0.4 is 5.32 Å². The number of nitrogens with one attached hydrogen (secondary N) is 1. The molecule has 2 rings (SSSR count). The van der Waals surface area contributed by atoms with Crippen LogP contribution >= 0.6 is 0 Å². The van der Waals surface area contributed by atoms with Crippen LogP contribution in [0.2, 0.25) is 0 Å². The van der Waals surface area contributed by atoms with Crippen LogP contribution in [0, 0.1) is 0 Å². The maximum atomic E-state index is 5.90. The van der Waals surface area contributed by atoms with Crippen molar-refractivity contribution in [3.05, 3.63) is 47.9 Å². The Labute approximate surface area is 102 Å². The third kappa shape index (κ3) is 2.80. The minimum Gasteiger partial charge on any atom is -0.469 e. The van der Waals surface area contributed by atoms with E-state index in [1.165, 1.54) is 5.56 Å². The van der Waals surface area contributed by atoms with Gasteiger partial charge in [0.2, 0.25) is 0 Å². The van der Waals surface area contributed by atoms with Crippen LogP contribution in [-0.4, -0.2) is 19.8 Å². The van der Waals surface area contributed by atoms with Gasteiger partial charge in [0.25, 0.3) is 0 Å². The first-order chi connectivity index (χ1) is 8.35. The molecule has 1 aliphatic rings. The Morgan fingerprint density at radius 3 is 2.76 bits per heavy atom. The van der Waals surface area contributed by atoms with Crippen molar-refractivity contribution in [1.82, 2.24) is 5.32 Å². The van der Waals surface area contributed by atoms with Crippen molar-refractivity contribution in [2.75, 3.05) is 13.7 Å². The van der Waals surface area contributed by atoms with Crippen molar-refractivity contribution in [3.8, 4) is 0 Å². The van der Waals surface area contributed by atoms with E-state index in [4.69, 9.17) is 9.47 Å². The van der Waals surface area contributed by atoms with Gasteiger partial charge < -0.3 is 14.8 Å². The van der Waals surface area contributed by atoms with Gasteiger partial charge in [-0.25, -0.2) is 0 Å². The summed E-state index contributed by atoms with van der Waals surface area (Å²) in [6.07, 6.45) is 2.98.